The van der Waals surface area contributed by atoms with E-state index >= 15 is 0 Å². The topological polar surface area (TPSA) is 29.5 Å². The summed E-state index contributed by atoms with van der Waals surface area (Å²) in [6, 6.07) is 12.2. The molecule has 1 unspecified atom stereocenters. The zero-order valence-corrected chi connectivity index (χ0v) is 12.3. The number of aliphatic hydroxyl groups excluding tert-OH is 1. The summed E-state index contributed by atoms with van der Waals surface area (Å²) >= 11 is 1.65. The standard InChI is InChI=1S/C17H18O2S/c1-14(15-7-3-2-4-8-15)19-13-17-16(10-12-20-17)9-5-6-11-18/h2-4,7-8,10,12,14,18H,6,11,13H2,1H3. The van der Waals surface area contributed by atoms with Crippen LogP contribution in [0.4, 0.5) is 0 Å². The molecule has 2 nitrogen and oxygen atoms in total. The van der Waals surface area contributed by atoms with Crippen molar-refractivity contribution in [2.45, 2.75) is 26.1 Å². The van der Waals surface area contributed by atoms with Crippen molar-refractivity contribution in [2.75, 3.05) is 6.61 Å². The van der Waals surface area contributed by atoms with Gasteiger partial charge in [-0.1, -0.05) is 42.2 Å². The fourth-order valence-corrected chi connectivity index (χ4v) is 2.55. The third-order valence-electron chi connectivity index (χ3n) is 2.94. The van der Waals surface area contributed by atoms with E-state index in [0.717, 1.165) is 10.4 Å². The van der Waals surface area contributed by atoms with E-state index in [4.69, 9.17) is 9.84 Å². The molecule has 20 heavy (non-hydrogen) atoms. The van der Waals surface area contributed by atoms with Gasteiger partial charge < -0.3 is 9.84 Å². The van der Waals surface area contributed by atoms with Gasteiger partial charge in [0.1, 0.15) is 0 Å². The Kier molecular flexibility index (Phi) is 5.82. The molecule has 0 aliphatic rings. The van der Waals surface area contributed by atoms with Gasteiger partial charge in [-0.3, -0.25) is 0 Å². The third kappa shape index (κ3) is 4.21. The Hall–Kier alpha value is -1.60. The number of benzene rings is 1. The maximum absolute atomic E-state index is 8.74. The molecule has 0 aliphatic heterocycles. The van der Waals surface area contributed by atoms with Gasteiger partial charge in [0.15, 0.2) is 0 Å². The zero-order valence-electron chi connectivity index (χ0n) is 11.5. The lowest BCUT2D eigenvalue weighted by atomic mass is 10.1. The molecule has 0 amide bonds. The summed E-state index contributed by atoms with van der Waals surface area (Å²) in [5.41, 5.74) is 2.18. The van der Waals surface area contributed by atoms with E-state index in [1.54, 1.807) is 11.3 Å². The fourth-order valence-electron chi connectivity index (χ4n) is 1.80. The Morgan fingerprint density at radius 1 is 1.25 bits per heavy atom. The summed E-state index contributed by atoms with van der Waals surface area (Å²) in [7, 11) is 0. The predicted octanol–water partition coefficient (Wildman–Crippen LogP) is 3.76. The molecule has 1 heterocycles. The van der Waals surface area contributed by atoms with Crippen molar-refractivity contribution >= 4 is 11.3 Å². The molecule has 0 saturated carbocycles. The highest BCUT2D eigenvalue weighted by Crippen LogP contribution is 2.22. The van der Waals surface area contributed by atoms with Crippen LogP contribution in [-0.4, -0.2) is 11.7 Å². The van der Waals surface area contributed by atoms with Crippen LogP contribution in [0.3, 0.4) is 0 Å². The van der Waals surface area contributed by atoms with Crippen LogP contribution in [0.15, 0.2) is 41.8 Å². The highest BCUT2D eigenvalue weighted by molar-refractivity contribution is 7.10. The summed E-state index contributed by atoms with van der Waals surface area (Å²) in [5.74, 6) is 6.03. The van der Waals surface area contributed by atoms with E-state index in [0.29, 0.717) is 13.0 Å². The summed E-state index contributed by atoms with van der Waals surface area (Å²) in [5, 5.41) is 10.8. The minimum Gasteiger partial charge on any atom is -0.395 e. The molecule has 2 aromatic rings. The number of ether oxygens (including phenoxy) is 1. The van der Waals surface area contributed by atoms with Gasteiger partial charge in [0.05, 0.1) is 19.3 Å². The monoisotopic (exact) mass is 286 g/mol. The van der Waals surface area contributed by atoms with Crippen molar-refractivity contribution in [2.24, 2.45) is 0 Å². The van der Waals surface area contributed by atoms with Gasteiger partial charge in [0, 0.05) is 16.9 Å². The van der Waals surface area contributed by atoms with Crippen LogP contribution in [0.5, 0.6) is 0 Å². The Balaban J connectivity index is 1.95. The smallest absolute Gasteiger partial charge is 0.0830 e. The highest BCUT2D eigenvalue weighted by atomic mass is 32.1. The van der Waals surface area contributed by atoms with E-state index in [2.05, 4.69) is 30.9 Å². The van der Waals surface area contributed by atoms with Crippen molar-refractivity contribution in [1.82, 2.24) is 0 Å². The van der Waals surface area contributed by atoms with Gasteiger partial charge in [-0.25, -0.2) is 0 Å². The largest absolute Gasteiger partial charge is 0.395 e. The lowest BCUT2D eigenvalue weighted by Crippen LogP contribution is -2.00. The Morgan fingerprint density at radius 3 is 2.80 bits per heavy atom. The van der Waals surface area contributed by atoms with Crippen molar-refractivity contribution in [3.8, 4) is 11.8 Å². The second-order valence-electron chi connectivity index (χ2n) is 4.40. The van der Waals surface area contributed by atoms with Crippen LogP contribution in [0.1, 0.15) is 35.5 Å². The SMILES string of the molecule is CC(OCc1sccc1C#CCCO)c1ccccc1. The lowest BCUT2D eigenvalue weighted by Gasteiger charge is -2.12. The fraction of sp³-hybridized carbons (Fsp3) is 0.294. The Morgan fingerprint density at radius 2 is 2.05 bits per heavy atom. The molecular weight excluding hydrogens is 268 g/mol. The van der Waals surface area contributed by atoms with Crippen LogP contribution in [-0.2, 0) is 11.3 Å². The molecule has 0 radical (unpaired) electrons. The summed E-state index contributed by atoms with van der Waals surface area (Å²) in [6.45, 7) is 2.73. The first-order chi connectivity index (χ1) is 9.81. The second-order valence-corrected chi connectivity index (χ2v) is 5.40. The van der Waals surface area contributed by atoms with Crippen molar-refractivity contribution in [1.29, 1.82) is 0 Å². The minimum atomic E-state index is 0.0663. The molecule has 3 heteroatoms. The Bertz CT molecular complexity index is 578. The zero-order chi connectivity index (χ0) is 14.2. The average Bonchev–Trinajstić information content (AvgIpc) is 2.93. The molecule has 1 N–H and O–H groups in total. The van der Waals surface area contributed by atoms with E-state index in [1.165, 1.54) is 5.56 Å². The summed E-state index contributed by atoms with van der Waals surface area (Å²) in [6.07, 6.45) is 0.577. The molecule has 104 valence electrons. The van der Waals surface area contributed by atoms with Gasteiger partial charge in [-0.2, -0.15) is 0 Å². The van der Waals surface area contributed by atoms with Crippen LogP contribution in [0, 0.1) is 11.8 Å². The maximum atomic E-state index is 8.74. The summed E-state index contributed by atoms with van der Waals surface area (Å²) in [4.78, 5) is 1.14. The molecule has 2 rings (SSSR count). The number of aliphatic hydroxyl groups is 1. The van der Waals surface area contributed by atoms with Gasteiger partial charge >= 0.3 is 0 Å². The second kappa shape index (κ2) is 7.86. The first-order valence-corrected chi connectivity index (χ1v) is 7.52. The van der Waals surface area contributed by atoms with E-state index in [9.17, 15) is 0 Å². The minimum absolute atomic E-state index is 0.0663. The molecule has 0 saturated heterocycles. The van der Waals surface area contributed by atoms with Crippen LogP contribution in [0.2, 0.25) is 0 Å². The molecule has 0 bridgehead atoms. The number of rotatable bonds is 5. The van der Waals surface area contributed by atoms with Crippen molar-refractivity contribution in [3.05, 3.63) is 57.8 Å². The first-order valence-electron chi connectivity index (χ1n) is 6.64. The van der Waals surface area contributed by atoms with Gasteiger partial charge in [0.2, 0.25) is 0 Å². The molecular formula is C17H18O2S. The van der Waals surface area contributed by atoms with Gasteiger partial charge in [-0.15, -0.1) is 11.3 Å². The molecule has 1 aromatic carbocycles. The van der Waals surface area contributed by atoms with Crippen LogP contribution in [0.25, 0.3) is 0 Å². The van der Waals surface area contributed by atoms with Crippen molar-refractivity contribution in [3.63, 3.8) is 0 Å². The van der Waals surface area contributed by atoms with Crippen LogP contribution >= 0.6 is 11.3 Å². The Labute approximate surface area is 124 Å². The van der Waals surface area contributed by atoms with E-state index in [-0.39, 0.29) is 12.7 Å². The maximum Gasteiger partial charge on any atom is 0.0830 e. The van der Waals surface area contributed by atoms with Gasteiger partial charge in [0.25, 0.3) is 0 Å². The normalized spacial score (nSPS) is 11.7. The highest BCUT2D eigenvalue weighted by Gasteiger charge is 2.08. The summed E-state index contributed by atoms with van der Waals surface area (Å²) < 4.78 is 5.91. The lowest BCUT2D eigenvalue weighted by molar-refractivity contribution is 0.0541. The predicted molar refractivity (Wildman–Crippen MR) is 82.5 cm³/mol. The van der Waals surface area contributed by atoms with Crippen LogP contribution < -0.4 is 0 Å². The molecule has 1 aromatic heterocycles. The van der Waals surface area contributed by atoms with E-state index in [1.807, 2.05) is 29.6 Å². The van der Waals surface area contributed by atoms with Gasteiger partial charge in [-0.05, 0) is 23.9 Å². The molecule has 1 atom stereocenters. The molecule has 0 fully saturated rings. The van der Waals surface area contributed by atoms with Crippen molar-refractivity contribution < 1.29 is 9.84 Å². The molecule has 0 spiro atoms. The number of hydrogen-bond donors (Lipinski definition) is 1. The quantitative estimate of drug-likeness (QED) is 0.848. The number of thiophene rings is 1. The molecule has 0 aliphatic carbocycles. The average molecular weight is 286 g/mol. The third-order valence-corrected chi connectivity index (χ3v) is 3.83. The number of hydrogen-bond acceptors (Lipinski definition) is 3. The first kappa shape index (κ1) is 14.8. The van der Waals surface area contributed by atoms with E-state index < -0.39 is 0 Å².